The molecule has 170 valence electrons. The molecule has 3 N–H and O–H groups in total. The molecule has 0 saturated carbocycles. The first-order valence-corrected chi connectivity index (χ1v) is 10.6. The van der Waals surface area contributed by atoms with Gasteiger partial charge < -0.3 is 20.4 Å². The Balaban J connectivity index is 1.66. The smallest absolute Gasteiger partial charge is 0.380 e. The van der Waals surface area contributed by atoms with Crippen LogP contribution in [0, 0.1) is 0 Å². The minimum absolute atomic E-state index is 0.174. The molecule has 1 amide bonds. The molecule has 0 atom stereocenters. The largest absolute Gasteiger partial charge is 0.416 e. The van der Waals surface area contributed by atoms with Gasteiger partial charge in [0.25, 0.3) is 5.91 Å². The highest BCUT2D eigenvalue weighted by atomic mass is 19.4. The van der Waals surface area contributed by atoms with Gasteiger partial charge in [0.2, 0.25) is 0 Å². The number of hydrogen-bond donors (Lipinski definition) is 2. The van der Waals surface area contributed by atoms with E-state index in [1.807, 2.05) is 18.2 Å². The second-order valence-corrected chi connectivity index (χ2v) is 8.03. The van der Waals surface area contributed by atoms with Crippen LogP contribution in [0.1, 0.15) is 22.3 Å². The number of ether oxygens (including phenoxy) is 1. The lowest BCUT2D eigenvalue weighted by Gasteiger charge is -2.21. The molecule has 1 aliphatic heterocycles. The number of rotatable bonds is 3. The van der Waals surface area contributed by atoms with Crippen molar-refractivity contribution in [2.24, 2.45) is 5.73 Å². The molecule has 3 heterocycles. The molecule has 33 heavy (non-hydrogen) atoms. The van der Waals surface area contributed by atoms with Crippen LogP contribution in [-0.2, 0) is 10.9 Å². The van der Waals surface area contributed by atoms with Gasteiger partial charge in [-0.15, -0.1) is 0 Å². The van der Waals surface area contributed by atoms with Gasteiger partial charge in [0, 0.05) is 36.3 Å². The molecule has 0 radical (unpaired) electrons. The second-order valence-electron chi connectivity index (χ2n) is 8.03. The van der Waals surface area contributed by atoms with Crippen molar-refractivity contribution < 1.29 is 22.7 Å². The molecule has 2 aromatic carbocycles. The maximum atomic E-state index is 13.2. The quantitative estimate of drug-likeness (QED) is 0.469. The van der Waals surface area contributed by atoms with E-state index < -0.39 is 17.6 Å². The fourth-order valence-electron chi connectivity index (χ4n) is 4.24. The highest BCUT2D eigenvalue weighted by Crippen LogP contribution is 2.35. The van der Waals surface area contributed by atoms with Gasteiger partial charge in [0.1, 0.15) is 0 Å². The number of pyridine rings is 1. The van der Waals surface area contributed by atoms with Gasteiger partial charge >= 0.3 is 6.18 Å². The third-order valence-corrected chi connectivity index (χ3v) is 5.88. The van der Waals surface area contributed by atoms with E-state index in [0.717, 1.165) is 54.8 Å². The molecule has 1 saturated heterocycles. The van der Waals surface area contributed by atoms with Gasteiger partial charge in [-0.2, -0.15) is 13.2 Å². The zero-order chi connectivity index (χ0) is 23.2. The van der Waals surface area contributed by atoms with E-state index in [-0.39, 0.29) is 16.8 Å². The molecule has 5 rings (SSSR count). The number of halogens is 3. The predicted molar refractivity (Wildman–Crippen MR) is 120 cm³/mol. The van der Waals surface area contributed by atoms with E-state index in [2.05, 4.69) is 14.9 Å². The highest BCUT2D eigenvalue weighted by Gasteiger charge is 2.30. The maximum absolute atomic E-state index is 13.2. The van der Waals surface area contributed by atoms with Crippen LogP contribution in [0.4, 0.5) is 18.9 Å². The number of benzene rings is 2. The Kier molecular flexibility index (Phi) is 5.20. The summed E-state index contributed by atoms with van der Waals surface area (Å²) in [5.41, 5.74) is 8.24. The number of carbonyl (C=O) groups is 1. The van der Waals surface area contributed by atoms with Crippen molar-refractivity contribution in [1.82, 2.24) is 9.97 Å². The fraction of sp³-hybridized carbons (Fsp3) is 0.250. The Morgan fingerprint density at radius 1 is 1.09 bits per heavy atom. The zero-order valence-electron chi connectivity index (χ0n) is 17.6. The molecule has 0 unspecified atom stereocenters. The molecule has 1 fully saturated rings. The van der Waals surface area contributed by atoms with E-state index in [1.54, 1.807) is 0 Å². The number of aromatic amines is 1. The first-order valence-electron chi connectivity index (χ1n) is 10.6. The summed E-state index contributed by atoms with van der Waals surface area (Å²) in [6, 6.07) is 12.2. The maximum Gasteiger partial charge on any atom is 0.416 e. The number of H-pyrrole nitrogens is 1. The molecular formula is C24H21F3N4O2. The van der Waals surface area contributed by atoms with Crippen LogP contribution in [0.2, 0.25) is 0 Å². The number of nitrogens with one attached hydrogen (secondary N) is 1. The topological polar surface area (TPSA) is 84.2 Å². The third-order valence-electron chi connectivity index (χ3n) is 5.88. The second kappa shape index (κ2) is 8.08. The molecule has 0 aliphatic carbocycles. The van der Waals surface area contributed by atoms with Gasteiger partial charge in [-0.25, -0.2) is 4.98 Å². The Morgan fingerprint density at radius 3 is 2.73 bits per heavy atom. The first-order chi connectivity index (χ1) is 15.8. The van der Waals surface area contributed by atoms with Gasteiger partial charge in [0.15, 0.2) is 0 Å². The number of fused-ring (bicyclic) bond motifs is 3. The summed E-state index contributed by atoms with van der Waals surface area (Å²) in [5, 5.41) is 0.760. The molecule has 9 heteroatoms. The first kappa shape index (κ1) is 21.3. The van der Waals surface area contributed by atoms with E-state index in [1.165, 1.54) is 18.2 Å². The van der Waals surface area contributed by atoms with Crippen molar-refractivity contribution in [3.05, 3.63) is 59.7 Å². The Hall–Kier alpha value is -3.59. The lowest BCUT2D eigenvalue weighted by molar-refractivity contribution is -0.137. The number of amides is 1. The van der Waals surface area contributed by atoms with Crippen molar-refractivity contribution >= 4 is 33.5 Å². The molecule has 0 spiro atoms. The molecule has 6 nitrogen and oxygen atoms in total. The number of primary amides is 1. The van der Waals surface area contributed by atoms with Crippen LogP contribution in [0.5, 0.6) is 0 Å². The standard InChI is InChI=1S/C24H21F3N4O2/c25-24(26,27)15-4-1-3-14(11-15)19-13-18(23(28)32)22-21(29-19)17-6-5-16(12-20(17)30-22)31-7-2-9-33-10-8-31/h1,3-6,11-13,30H,2,7-10H2,(H2,28,32). The minimum Gasteiger partial charge on any atom is -0.380 e. The lowest BCUT2D eigenvalue weighted by Crippen LogP contribution is -2.25. The average Bonchev–Trinajstić information content (AvgIpc) is 2.95. The highest BCUT2D eigenvalue weighted by molar-refractivity contribution is 6.14. The van der Waals surface area contributed by atoms with Crippen molar-refractivity contribution in [2.45, 2.75) is 12.6 Å². The number of hydrogen-bond acceptors (Lipinski definition) is 4. The summed E-state index contributed by atoms with van der Waals surface area (Å²) >= 11 is 0. The van der Waals surface area contributed by atoms with Gasteiger partial charge in [-0.05, 0) is 42.8 Å². The summed E-state index contributed by atoms with van der Waals surface area (Å²) in [6.45, 7) is 3.03. The molecule has 0 bridgehead atoms. The van der Waals surface area contributed by atoms with Crippen LogP contribution in [0.25, 0.3) is 33.2 Å². The van der Waals surface area contributed by atoms with E-state index in [0.29, 0.717) is 17.6 Å². The molecular weight excluding hydrogens is 433 g/mol. The van der Waals surface area contributed by atoms with Gasteiger partial charge in [0.05, 0.1) is 40.0 Å². The molecule has 4 aromatic rings. The van der Waals surface area contributed by atoms with E-state index in [4.69, 9.17) is 10.5 Å². The van der Waals surface area contributed by atoms with Crippen molar-refractivity contribution in [2.75, 3.05) is 31.2 Å². The van der Waals surface area contributed by atoms with Gasteiger partial charge in [-0.1, -0.05) is 12.1 Å². The van der Waals surface area contributed by atoms with E-state index in [9.17, 15) is 18.0 Å². The summed E-state index contributed by atoms with van der Waals surface area (Å²) in [7, 11) is 0. The van der Waals surface area contributed by atoms with Crippen LogP contribution in [-0.4, -0.2) is 42.2 Å². The van der Waals surface area contributed by atoms with Crippen molar-refractivity contribution in [3.63, 3.8) is 0 Å². The number of carbonyl (C=O) groups excluding carboxylic acids is 1. The summed E-state index contributed by atoms with van der Waals surface area (Å²) in [5.74, 6) is -0.688. The monoisotopic (exact) mass is 454 g/mol. The van der Waals surface area contributed by atoms with Crippen molar-refractivity contribution in [1.29, 1.82) is 0 Å². The SMILES string of the molecule is NC(=O)c1cc(-c2cccc(C(F)(F)F)c2)nc2c1[nH]c1cc(N3CCCOCC3)ccc12. The number of nitrogens with zero attached hydrogens (tertiary/aromatic N) is 2. The Labute approximate surface area is 187 Å². The van der Waals surface area contributed by atoms with Crippen molar-refractivity contribution in [3.8, 4) is 11.3 Å². The Morgan fingerprint density at radius 2 is 1.94 bits per heavy atom. The van der Waals surface area contributed by atoms with E-state index >= 15 is 0 Å². The summed E-state index contributed by atoms with van der Waals surface area (Å²) in [6.07, 6.45) is -3.55. The molecule has 2 aromatic heterocycles. The third kappa shape index (κ3) is 4.00. The van der Waals surface area contributed by atoms with Crippen LogP contribution in [0.15, 0.2) is 48.5 Å². The Bertz CT molecular complexity index is 1360. The van der Waals surface area contributed by atoms with Crippen LogP contribution in [0.3, 0.4) is 0 Å². The number of aromatic nitrogens is 2. The summed E-state index contributed by atoms with van der Waals surface area (Å²) in [4.78, 5) is 22.3. The number of alkyl halides is 3. The minimum atomic E-state index is -4.48. The normalized spacial score (nSPS) is 15.2. The van der Waals surface area contributed by atoms with Gasteiger partial charge in [-0.3, -0.25) is 4.79 Å². The summed E-state index contributed by atoms with van der Waals surface area (Å²) < 4.78 is 45.2. The predicted octanol–water partition coefficient (Wildman–Crippen LogP) is 4.73. The zero-order valence-corrected chi connectivity index (χ0v) is 17.6. The lowest BCUT2D eigenvalue weighted by atomic mass is 10.0. The van der Waals surface area contributed by atoms with Crippen LogP contribution >= 0.6 is 0 Å². The van der Waals surface area contributed by atoms with Crippen LogP contribution < -0.4 is 10.6 Å². The average molecular weight is 454 g/mol. The fourth-order valence-corrected chi connectivity index (χ4v) is 4.24. The number of anilines is 1. The molecule has 1 aliphatic rings. The number of nitrogens with two attached hydrogens (primary N) is 1.